The number of hydrogen-bond acceptors (Lipinski definition) is 9. The third-order valence-electron chi connectivity index (χ3n) is 3.89. The van der Waals surface area contributed by atoms with E-state index in [1.807, 2.05) is 36.4 Å². The van der Waals surface area contributed by atoms with Gasteiger partial charge in [-0.1, -0.05) is 35.3 Å². The topological polar surface area (TPSA) is 99.1 Å². The molecule has 4 rings (SSSR count). The summed E-state index contributed by atoms with van der Waals surface area (Å²) in [6.45, 7) is 0. The van der Waals surface area contributed by atoms with E-state index in [4.69, 9.17) is 0 Å². The van der Waals surface area contributed by atoms with Crippen LogP contribution in [0.4, 0.5) is 0 Å². The highest BCUT2D eigenvalue weighted by molar-refractivity contribution is 8.04. The first-order valence-corrected chi connectivity index (χ1v) is 11.3. The van der Waals surface area contributed by atoms with Crippen LogP contribution in [0.5, 0.6) is 0 Å². The summed E-state index contributed by atoms with van der Waals surface area (Å²) in [5, 5.41) is 19.6. The Kier molecular flexibility index (Phi) is 6.80. The lowest BCUT2D eigenvalue weighted by atomic mass is 10.3. The molecule has 6 nitrogen and oxygen atoms in total. The van der Waals surface area contributed by atoms with Crippen LogP contribution in [0.2, 0.25) is 0 Å². The Hall–Kier alpha value is -3.37. The zero-order valence-electron chi connectivity index (χ0n) is 15.8. The molecule has 0 aliphatic rings. The van der Waals surface area contributed by atoms with Gasteiger partial charge in [-0.15, -0.1) is 0 Å². The average molecular weight is 457 g/mol. The van der Waals surface area contributed by atoms with Crippen molar-refractivity contribution in [2.45, 2.75) is 29.4 Å². The van der Waals surface area contributed by atoms with Crippen molar-refractivity contribution < 1.29 is 0 Å². The number of hydrogen-bond donors (Lipinski definition) is 0. The molecular weight excluding hydrogens is 444 g/mol. The van der Waals surface area contributed by atoms with Crippen molar-refractivity contribution in [1.82, 2.24) is 19.9 Å². The van der Waals surface area contributed by atoms with Gasteiger partial charge in [0.15, 0.2) is 11.4 Å². The van der Waals surface area contributed by atoms with Crippen molar-refractivity contribution in [3.05, 3.63) is 85.0 Å². The molecule has 4 aromatic heterocycles. The number of nitriles is 2. The Bertz CT molecular complexity index is 1190. The van der Waals surface area contributed by atoms with Gasteiger partial charge < -0.3 is 0 Å². The Labute approximate surface area is 191 Å². The molecule has 0 saturated carbocycles. The predicted octanol–water partition coefficient (Wildman–Crippen LogP) is 5.46. The van der Waals surface area contributed by atoms with Gasteiger partial charge in [0, 0.05) is 56.8 Å². The van der Waals surface area contributed by atoms with Crippen LogP contribution in [0.15, 0.2) is 103 Å². The van der Waals surface area contributed by atoms with Gasteiger partial charge in [-0.2, -0.15) is 10.5 Å². The first-order chi connectivity index (χ1) is 15.3. The number of nitrogens with zero attached hydrogens (tertiary/aromatic N) is 6. The standard InChI is InChI=1S/C22H12N6S3/c23-13-18-20(29-15-1-7-25-8-2-15)22(31-17-5-11-27-12-6-17)21(19(14-24)28-18)30-16-3-9-26-10-4-16/h1-12H. The first kappa shape index (κ1) is 20.9. The molecule has 0 amide bonds. The zero-order valence-corrected chi connectivity index (χ0v) is 18.3. The lowest BCUT2D eigenvalue weighted by Gasteiger charge is -2.16. The summed E-state index contributed by atoms with van der Waals surface area (Å²) in [5.41, 5.74) is 0.433. The summed E-state index contributed by atoms with van der Waals surface area (Å²) >= 11 is 4.35. The van der Waals surface area contributed by atoms with Crippen LogP contribution in [0, 0.1) is 22.7 Å². The average Bonchev–Trinajstić information content (AvgIpc) is 2.83. The van der Waals surface area contributed by atoms with Gasteiger partial charge in [-0.05, 0) is 36.4 Å². The summed E-state index contributed by atoms with van der Waals surface area (Å²) in [7, 11) is 0. The van der Waals surface area contributed by atoms with E-state index in [9.17, 15) is 10.5 Å². The summed E-state index contributed by atoms with van der Waals surface area (Å²) in [5.74, 6) is 0. The summed E-state index contributed by atoms with van der Waals surface area (Å²) < 4.78 is 0. The molecule has 0 radical (unpaired) electrons. The molecule has 31 heavy (non-hydrogen) atoms. The predicted molar refractivity (Wildman–Crippen MR) is 119 cm³/mol. The van der Waals surface area contributed by atoms with Crippen molar-refractivity contribution in [3.63, 3.8) is 0 Å². The summed E-state index contributed by atoms with van der Waals surface area (Å²) in [6.07, 6.45) is 10.2. The molecule has 9 heteroatoms. The maximum atomic E-state index is 9.81. The highest BCUT2D eigenvalue weighted by Gasteiger charge is 2.23. The maximum absolute atomic E-state index is 9.81. The largest absolute Gasteiger partial charge is 0.265 e. The Morgan fingerprint density at radius 3 is 1.16 bits per heavy atom. The fourth-order valence-corrected chi connectivity index (χ4v) is 5.73. The van der Waals surface area contributed by atoms with E-state index in [0.717, 1.165) is 19.6 Å². The fraction of sp³-hybridized carbons (Fsp3) is 0. The van der Waals surface area contributed by atoms with Gasteiger partial charge in [-0.25, -0.2) is 4.98 Å². The molecule has 0 unspecified atom stereocenters. The molecule has 0 N–H and O–H groups in total. The summed E-state index contributed by atoms with van der Waals surface area (Å²) in [4.78, 5) is 21.6. The van der Waals surface area contributed by atoms with Gasteiger partial charge >= 0.3 is 0 Å². The zero-order chi connectivity index (χ0) is 21.5. The van der Waals surface area contributed by atoms with Crippen LogP contribution in [-0.2, 0) is 0 Å². The van der Waals surface area contributed by atoms with E-state index in [1.165, 1.54) is 35.3 Å². The second-order valence-corrected chi connectivity index (χ2v) is 9.13. The molecule has 148 valence electrons. The van der Waals surface area contributed by atoms with Crippen LogP contribution >= 0.6 is 35.3 Å². The van der Waals surface area contributed by atoms with E-state index in [2.05, 4.69) is 32.1 Å². The monoisotopic (exact) mass is 456 g/mol. The second-order valence-electron chi connectivity index (χ2n) is 5.87. The first-order valence-electron chi connectivity index (χ1n) is 8.90. The van der Waals surface area contributed by atoms with Gasteiger partial charge in [0.05, 0.1) is 9.79 Å². The fourth-order valence-electron chi connectivity index (χ4n) is 2.54. The van der Waals surface area contributed by atoms with Crippen molar-refractivity contribution in [1.29, 1.82) is 10.5 Å². The molecule has 0 fully saturated rings. The van der Waals surface area contributed by atoms with Crippen molar-refractivity contribution >= 4 is 35.3 Å². The quantitative estimate of drug-likeness (QED) is 0.374. The van der Waals surface area contributed by atoms with E-state index in [0.29, 0.717) is 9.79 Å². The molecule has 0 aliphatic carbocycles. The highest BCUT2D eigenvalue weighted by Crippen LogP contribution is 2.47. The van der Waals surface area contributed by atoms with Gasteiger partial charge in [0.2, 0.25) is 0 Å². The normalized spacial score (nSPS) is 10.3. The van der Waals surface area contributed by atoms with E-state index < -0.39 is 0 Å². The Balaban J connectivity index is 1.92. The minimum Gasteiger partial charge on any atom is -0.265 e. The molecule has 4 aromatic rings. The van der Waals surface area contributed by atoms with Crippen LogP contribution in [0.1, 0.15) is 11.4 Å². The van der Waals surface area contributed by atoms with Crippen LogP contribution < -0.4 is 0 Å². The molecule has 0 bridgehead atoms. The van der Waals surface area contributed by atoms with E-state index in [1.54, 1.807) is 37.2 Å². The number of rotatable bonds is 6. The molecule has 0 aliphatic heterocycles. The second kappa shape index (κ2) is 10.1. The summed E-state index contributed by atoms with van der Waals surface area (Å²) in [6, 6.07) is 15.6. The van der Waals surface area contributed by atoms with Gasteiger partial charge in [0.1, 0.15) is 12.1 Å². The van der Waals surface area contributed by atoms with Crippen molar-refractivity contribution in [2.24, 2.45) is 0 Å². The maximum Gasteiger partial charge on any atom is 0.157 e. The van der Waals surface area contributed by atoms with Gasteiger partial charge in [0.25, 0.3) is 0 Å². The molecule has 0 spiro atoms. The molecule has 0 atom stereocenters. The van der Waals surface area contributed by atoms with E-state index >= 15 is 0 Å². The Morgan fingerprint density at radius 2 is 0.839 bits per heavy atom. The molecule has 0 aromatic carbocycles. The minimum atomic E-state index is 0.217. The lowest BCUT2D eigenvalue weighted by Crippen LogP contribution is -1.99. The van der Waals surface area contributed by atoms with Crippen molar-refractivity contribution in [3.8, 4) is 12.1 Å². The highest BCUT2D eigenvalue weighted by atomic mass is 32.2. The number of pyridine rings is 4. The smallest absolute Gasteiger partial charge is 0.157 e. The van der Waals surface area contributed by atoms with Crippen molar-refractivity contribution in [2.75, 3.05) is 0 Å². The van der Waals surface area contributed by atoms with Gasteiger partial charge in [-0.3, -0.25) is 15.0 Å². The number of aromatic nitrogens is 4. The third-order valence-corrected chi connectivity index (χ3v) is 7.48. The molecular formula is C22H12N6S3. The SMILES string of the molecule is N#Cc1nc(C#N)c(Sc2ccncc2)c(Sc2ccncc2)c1Sc1ccncc1. The van der Waals surface area contributed by atoms with Crippen LogP contribution in [0.3, 0.4) is 0 Å². The Morgan fingerprint density at radius 1 is 0.516 bits per heavy atom. The minimum absolute atomic E-state index is 0.217. The molecule has 0 saturated heterocycles. The third kappa shape index (κ3) is 5.04. The van der Waals surface area contributed by atoms with Crippen LogP contribution in [0.25, 0.3) is 0 Å². The molecule has 4 heterocycles. The lowest BCUT2D eigenvalue weighted by molar-refractivity contribution is 0.977. The van der Waals surface area contributed by atoms with E-state index in [-0.39, 0.29) is 11.4 Å². The van der Waals surface area contributed by atoms with Crippen LogP contribution in [-0.4, -0.2) is 19.9 Å².